The standard InChI is InChI=1S/C8H14O4.C6H10O3.Zr/c1-6(9)5-7(10)11-12-8(2,3)4;1-3-9-6(8)4-5(2)7;/h5H2,1-4H3;3-4H2,1-2H3;. The Morgan fingerprint density at radius 2 is 1.27 bits per heavy atom. The number of rotatable bonds is 6. The molecule has 0 fully saturated rings. The van der Waals surface area contributed by atoms with Crippen molar-refractivity contribution < 1.29 is 59.9 Å². The summed E-state index contributed by atoms with van der Waals surface area (Å²) in [4.78, 5) is 50.8. The molecule has 7 nitrogen and oxygen atoms in total. The van der Waals surface area contributed by atoms with Gasteiger partial charge in [-0.1, -0.05) is 0 Å². The second-order valence-corrected chi connectivity index (χ2v) is 5.21. The molecule has 0 aliphatic heterocycles. The summed E-state index contributed by atoms with van der Waals surface area (Å²) in [6.07, 6.45) is -0.343. The number of esters is 1. The van der Waals surface area contributed by atoms with Gasteiger partial charge in [-0.2, -0.15) is 4.89 Å². The van der Waals surface area contributed by atoms with Crippen LogP contribution >= 0.6 is 0 Å². The first-order valence-corrected chi connectivity index (χ1v) is 6.51. The van der Waals surface area contributed by atoms with E-state index < -0.39 is 17.5 Å². The van der Waals surface area contributed by atoms with E-state index in [-0.39, 0.29) is 50.6 Å². The van der Waals surface area contributed by atoms with Gasteiger partial charge in [-0.05, 0) is 41.5 Å². The van der Waals surface area contributed by atoms with Crippen LogP contribution in [0.5, 0.6) is 0 Å². The SMILES string of the molecule is CC(=O)CC(=O)OOC(C)(C)C.CCOC(=O)CC(C)=O.[Zr]. The van der Waals surface area contributed by atoms with Crippen molar-refractivity contribution in [2.45, 2.75) is 60.0 Å². The van der Waals surface area contributed by atoms with Crippen LogP contribution in [0.15, 0.2) is 0 Å². The van der Waals surface area contributed by atoms with Crippen molar-refractivity contribution in [2.75, 3.05) is 6.61 Å². The molecular weight excluding hydrogens is 371 g/mol. The molecule has 0 aromatic heterocycles. The summed E-state index contributed by atoms with van der Waals surface area (Å²) in [5, 5.41) is 0. The molecule has 0 N–H and O–H groups in total. The van der Waals surface area contributed by atoms with Crippen LogP contribution in [-0.2, 0) is 59.9 Å². The van der Waals surface area contributed by atoms with Crippen LogP contribution in [0.4, 0.5) is 0 Å². The predicted octanol–water partition coefficient (Wildman–Crippen LogP) is 1.76. The molecule has 0 amide bonds. The van der Waals surface area contributed by atoms with Gasteiger partial charge in [0.15, 0.2) is 0 Å². The van der Waals surface area contributed by atoms with Crippen LogP contribution in [0.25, 0.3) is 0 Å². The van der Waals surface area contributed by atoms with Gasteiger partial charge in [0.1, 0.15) is 30.0 Å². The van der Waals surface area contributed by atoms with Gasteiger partial charge in [0.25, 0.3) is 0 Å². The Morgan fingerprint density at radius 3 is 1.59 bits per heavy atom. The van der Waals surface area contributed by atoms with Gasteiger partial charge in [-0.25, -0.2) is 4.79 Å². The zero-order chi connectivity index (χ0) is 17.1. The van der Waals surface area contributed by atoms with E-state index in [2.05, 4.69) is 9.62 Å². The fourth-order valence-electron chi connectivity index (χ4n) is 0.819. The smallest absolute Gasteiger partial charge is 0.349 e. The second kappa shape index (κ2) is 13.8. The van der Waals surface area contributed by atoms with E-state index in [0.29, 0.717) is 6.61 Å². The number of hydrogen-bond acceptors (Lipinski definition) is 7. The van der Waals surface area contributed by atoms with E-state index in [1.807, 2.05) is 0 Å². The van der Waals surface area contributed by atoms with Gasteiger partial charge in [0.05, 0.1) is 6.61 Å². The molecule has 0 rings (SSSR count). The molecule has 0 heterocycles. The fourth-order valence-corrected chi connectivity index (χ4v) is 0.819. The first-order valence-electron chi connectivity index (χ1n) is 6.51. The largest absolute Gasteiger partial charge is 0.466 e. The quantitative estimate of drug-likeness (QED) is 0.293. The van der Waals surface area contributed by atoms with Crippen LogP contribution < -0.4 is 0 Å². The molecule has 0 aromatic rings. The molecule has 8 heteroatoms. The molecule has 22 heavy (non-hydrogen) atoms. The third-order valence-corrected chi connectivity index (χ3v) is 1.48. The molecule has 0 unspecified atom stereocenters. The van der Waals surface area contributed by atoms with E-state index in [4.69, 9.17) is 4.89 Å². The fraction of sp³-hybridized carbons (Fsp3) is 0.714. The minimum atomic E-state index is -0.655. The summed E-state index contributed by atoms with van der Waals surface area (Å²) < 4.78 is 4.49. The number of ketones is 2. The summed E-state index contributed by atoms with van der Waals surface area (Å²) in [5.74, 6) is -1.49. The van der Waals surface area contributed by atoms with Gasteiger partial charge in [-0.3, -0.25) is 19.3 Å². The minimum Gasteiger partial charge on any atom is -0.466 e. The average Bonchev–Trinajstić information content (AvgIpc) is 2.24. The Labute approximate surface area is 150 Å². The van der Waals surface area contributed by atoms with E-state index in [9.17, 15) is 19.2 Å². The summed E-state index contributed by atoms with van der Waals surface area (Å²) in [7, 11) is 0. The Hall–Kier alpha value is -0.877. The third kappa shape index (κ3) is 24.2. The van der Waals surface area contributed by atoms with Crippen LogP contribution in [0, 0.1) is 0 Å². The maximum Gasteiger partial charge on any atom is 0.349 e. The number of carbonyl (C=O) groups is 4. The first kappa shape index (κ1) is 26.0. The van der Waals surface area contributed by atoms with Crippen molar-refractivity contribution in [1.29, 1.82) is 0 Å². The Bertz CT molecular complexity index is 372. The van der Waals surface area contributed by atoms with E-state index in [1.165, 1.54) is 13.8 Å². The molecule has 0 saturated heterocycles. The van der Waals surface area contributed by atoms with Crippen molar-refractivity contribution in [3.8, 4) is 0 Å². The molecule has 0 aromatic carbocycles. The zero-order valence-corrected chi connectivity index (χ0v) is 16.4. The van der Waals surface area contributed by atoms with Crippen LogP contribution in [0.1, 0.15) is 54.4 Å². The van der Waals surface area contributed by atoms with E-state index >= 15 is 0 Å². The maximum atomic E-state index is 10.7. The van der Waals surface area contributed by atoms with Crippen molar-refractivity contribution in [2.24, 2.45) is 0 Å². The van der Waals surface area contributed by atoms with E-state index in [0.717, 1.165) is 0 Å². The van der Waals surface area contributed by atoms with Crippen molar-refractivity contribution >= 4 is 23.5 Å². The molecule has 0 radical (unpaired) electrons. The third-order valence-electron chi connectivity index (χ3n) is 1.48. The predicted molar refractivity (Wildman–Crippen MR) is 74.2 cm³/mol. The maximum absolute atomic E-state index is 10.7. The minimum absolute atomic E-state index is 0. The monoisotopic (exact) mass is 394 g/mol. The van der Waals surface area contributed by atoms with Gasteiger partial charge < -0.3 is 4.74 Å². The van der Waals surface area contributed by atoms with Gasteiger partial charge >= 0.3 is 11.9 Å². The van der Waals surface area contributed by atoms with Crippen LogP contribution in [-0.4, -0.2) is 35.7 Å². The van der Waals surface area contributed by atoms with Crippen molar-refractivity contribution in [3.05, 3.63) is 0 Å². The molecule has 126 valence electrons. The number of hydrogen-bond donors (Lipinski definition) is 0. The molecule has 0 aliphatic rings. The summed E-state index contributed by atoms with van der Waals surface area (Å²) >= 11 is 0. The molecule has 0 saturated carbocycles. The average molecular weight is 396 g/mol. The summed E-state index contributed by atoms with van der Waals surface area (Å²) in [6, 6.07) is 0. The molecule has 0 aliphatic carbocycles. The molecule has 0 bridgehead atoms. The van der Waals surface area contributed by atoms with Crippen LogP contribution in [0.2, 0.25) is 0 Å². The zero-order valence-electron chi connectivity index (χ0n) is 14.0. The summed E-state index contributed by atoms with van der Waals surface area (Å²) in [6.45, 7) is 9.95. The topological polar surface area (TPSA) is 96.0 Å². The van der Waals surface area contributed by atoms with Gasteiger partial charge in [0.2, 0.25) is 0 Å². The summed E-state index contributed by atoms with van der Waals surface area (Å²) in [5.41, 5.74) is -0.535. The molecular formula is C14H24O7Zr. The number of ether oxygens (including phenoxy) is 1. The Morgan fingerprint density at radius 1 is 0.864 bits per heavy atom. The van der Waals surface area contributed by atoms with E-state index in [1.54, 1.807) is 27.7 Å². The molecule has 0 atom stereocenters. The van der Waals surface area contributed by atoms with Gasteiger partial charge in [0, 0.05) is 26.2 Å². The normalized spacial score (nSPS) is 9.55. The van der Waals surface area contributed by atoms with Crippen molar-refractivity contribution in [1.82, 2.24) is 0 Å². The Balaban J connectivity index is -0.000000326. The Kier molecular flexibility index (Phi) is 16.3. The van der Waals surface area contributed by atoms with Crippen molar-refractivity contribution in [3.63, 3.8) is 0 Å². The number of Topliss-reactive ketones (excluding diaryl/α,β-unsaturated/α-hetero) is 2. The molecule has 0 spiro atoms. The first-order chi connectivity index (χ1) is 9.47. The van der Waals surface area contributed by atoms with Gasteiger partial charge in [-0.15, -0.1) is 0 Å². The second-order valence-electron chi connectivity index (χ2n) is 5.21. The number of carbonyl (C=O) groups excluding carboxylic acids is 4. The van der Waals surface area contributed by atoms with Crippen LogP contribution in [0.3, 0.4) is 0 Å².